The SMILES string of the molecule is CCC1(OCC(=O)CCc2cc(C(C)(C)C)c(O)c(C(C)(C)C)c2)COC2(CC(c3ccccc3)SC(c3ccccc3)C2)OC1. The third kappa shape index (κ3) is 8.07. The molecule has 3 aromatic rings. The third-order valence-electron chi connectivity index (χ3n) is 9.52. The van der Waals surface area contributed by atoms with Gasteiger partial charge in [0, 0.05) is 29.8 Å². The molecule has 1 N–H and O–H groups in total. The Morgan fingerprint density at radius 3 is 1.76 bits per heavy atom. The van der Waals surface area contributed by atoms with E-state index >= 15 is 0 Å². The fourth-order valence-corrected chi connectivity index (χ4v) is 8.20. The first kappa shape index (κ1) is 34.7. The smallest absolute Gasteiger partial charge is 0.171 e. The van der Waals surface area contributed by atoms with Crippen molar-refractivity contribution in [2.24, 2.45) is 0 Å². The molecular weight excluding hydrogens is 593 g/mol. The van der Waals surface area contributed by atoms with E-state index in [1.807, 2.05) is 11.8 Å². The number of aryl methyl sites for hydroxylation is 1. The highest BCUT2D eigenvalue weighted by molar-refractivity contribution is 7.99. The summed E-state index contributed by atoms with van der Waals surface area (Å²) in [5.74, 6) is -0.287. The van der Waals surface area contributed by atoms with Crippen molar-refractivity contribution < 1.29 is 24.1 Å². The molecule has 2 heterocycles. The van der Waals surface area contributed by atoms with Crippen molar-refractivity contribution in [1.82, 2.24) is 0 Å². The lowest BCUT2D eigenvalue weighted by molar-refractivity contribution is -0.330. The number of thioether (sulfide) groups is 1. The molecule has 1 spiro atoms. The minimum atomic E-state index is -0.702. The Kier molecular flexibility index (Phi) is 10.4. The first-order chi connectivity index (χ1) is 21.7. The topological polar surface area (TPSA) is 65.0 Å². The average molecular weight is 645 g/mol. The summed E-state index contributed by atoms with van der Waals surface area (Å²) in [7, 11) is 0. The lowest BCUT2D eigenvalue weighted by Crippen LogP contribution is -2.56. The number of carbonyl (C=O) groups is 1. The number of hydrogen-bond acceptors (Lipinski definition) is 6. The summed E-state index contributed by atoms with van der Waals surface area (Å²) in [6.07, 6.45) is 3.20. The van der Waals surface area contributed by atoms with Gasteiger partial charge >= 0.3 is 0 Å². The lowest BCUT2D eigenvalue weighted by atomic mass is 9.78. The van der Waals surface area contributed by atoms with Crippen molar-refractivity contribution in [1.29, 1.82) is 0 Å². The second kappa shape index (κ2) is 13.8. The number of phenolic OH excluding ortho intramolecular Hbond substituents is 1. The summed E-state index contributed by atoms with van der Waals surface area (Å²) in [5, 5.41) is 11.6. The highest BCUT2D eigenvalue weighted by Crippen LogP contribution is 2.56. The molecule has 2 aliphatic rings. The van der Waals surface area contributed by atoms with E-state index in [0.29, 0.717) is 38.2 Å². The van der Waals surface area contributed by atoms with Crippen LogP contribution in [0.2, 0.25) is 0 Å². The van der Waals surface area contributed by atoms with E-state index in [2.05, 4.69) is 121 Å². The molecule has 6 heteroatoms. The van der Waals surface area contributed by atoms with Crippen LogP contribution >= 0.6 is 11.8 Å². The number of benzene rings is 3. The largest absolute Gasteiger partial charge is 0.507 e. The minimum Gasteiger partial charge on any atom is -0.507 e. The van der Waals surface area contributed by atoms with E-state index in [9.17, 15) is 9.90 Å². The van der Waals surface area contributed by atoms with Crippen molar-refractivity contribution in [3.05, 3.63) is 101 Å². The van der Waals surface area contributed by atoms with Crippen LogP contribution in [-0.4, -0.2) is 42.1 Å². The molecule has 5 rings (SSSR count). The maximum absolute atomic E-state index is 13.2. The van der Waals surface area contributed by atoms with Crippen LogP contribution in [0.3, 0.4) is 0 Å². The van der Waals surface area contributed by atoms with Gasteiger partial charge in [-0.15, -0.1) is 11.8 Å². The number of Topliss-reactive ketones (excluding diaryl/α,β-unsaturated/α-hetero) is 1. The van der Waals surface area contributed by atoms with Crippen LogP contribution in [0.15, 0.2) is 72.8 Å². The van der Waals surface area contributed by atoms with Crippen LogP contribution in [0.5, 0.6) is 5.75 Å². The van der Waals surface area contributed by atoms with E-state index in [-0.39, 0.29) is 33.7 Å². The molecule has 0 radical (unpaired) electrons. The molecule has 5 nitrogen and oxygen atoms in total. The van der Waals surface area contributed by atoms with Crippen molar-refractivity contribution in [2.75, 3.05) is 19.8 Å². The van der Waals surface area contributed by atoms with Crippen LogP contribution < -0.4 is 0 Å². The van der Waals surface area contributed by atoms with Crippen LogP contribution in [0, 0.1) is 0 Å². The second-order valence-corrected chi connectivity index (χ2v) is 16.6. The highest BCUT2D eigenvalue weighted by atomic mass is 32.2. The van der Waals surface area contributed by atoms with Gasteiger partial charge in [-0.2, -0.15) is 0 Å². The van der Waals surface area contributed by atoms with Gasteiger partial charge in [0.2, 0.25) is 0 Å². The number of ketones is 1. The molecular formula is C40H52O5S. The van der Waals surface area contributed by atoms with Gasteiger partial charge < -0.3 is 19.3 Å². The molecule has 2 unspecified atom stereocenters. The summed E-state index contributed by atoms with van der Waals surface area (Å²) < 4.78 is 19.7. The number of rotatable bonds is 9. The normalized spacial score (nSPS) is 25.5. The predicted molar refractivity (Wildman–Crippen MR) is 188 cm³/mol. The Hall–Kier alpha value is -2.64. The monoisotopic (exact) mass is 644 g/mol. The molecule has 248 valence electrons. The van der Waals surface area contributed by atoms with Crippen molar-refractivity contribution in [3.8, 4) is 5.75 Å². The van der Waals surface area contributed by atoms with Gasteiger partial charge in [0.1, 0.15) is 18.0 Å². The van der Waals surface area contributed by atoms with E-state index in [4.69, 9.17) is 14.2 Å². The molecule has 2 atom stereocenters. The molecule has 0 bridgehead atoms. The molecule has 2 aliphatic heterocycles. The van der Waals surface area contributed by atoms with E-state index in [1.54, 1.807) is 0 Å². The third-order valence-corrected chi connectivity index (χ3v) is 11.1. The fraction of sp³-hybridized carbons (Fsp3) is 0.525. The van der Waals surface area contributed by atoms with Crippen LogP contribution in [0.1, 0.15) is 112 Å². The molecule has 0 saturated carbocycles. The maximum Gasteiger partial charge on any atom is 0.171 e. The number of aromatic hydroxyl groups is 1. The number of carbonyl (C=O) groups excluding carboxylic acids is 1. The van der Waals surface area contributed by atoms with Crippen LogP contribution in [0.25, 0.3) is 0 Å². The first-order valence-corrected chi connectivity index (χ1v) is 17.7. The highest BCUT2D eigenvalue weighted by Gasteiger charge is 2.50. The molecule has 2 saturated heterocycles. The van der Waals surface area contributed by atoms with Crippen molar-refractivity contribution in [3.63, 3.8) is 0 Å². The van der Waals surface area contributed by atoms with Gasteiger partial charge in [0.05, 0.1) is 13.2 Å². The second-order valence-electron chi connectivity index (χ2n) is 15.2. The van der Waals surface area contributed by atoms with Crippen LogP contribution in [-0.2, 0) is 36.3 Å². The average Bonchev–Trinajstić information content (AvgIpc) is 3.04. The van der Waals surface area contributed by atoms with E-state index in [0.717, 1.165) is 29.5 Å². The molecule has 46 heavy (non-hydrogen) atoms. The summed E-state index contributed by atoms with van der Waals surface area (Å²) >= 11 is 1.98. The molecule has 0 amide bonds. The number of hydrogen-bond donors (Lipinski definition) is 1. The maximum atomic E-state index is 13.2. The van der Waals surface area contributed by atoms with Crippen LogP contribution in [0.4, 0.5) is 0 Å². The molecule has 0 aliphatic carbocycles. The van der Waals surface area contributed by atoms with Gasteiger partial charge in [0.15, 0.2) is 11.6 Å². The standard InChI is InChI=1S/C40H52O5S/c1-8-39(43-25-31(41)20-19-28-21-32(37(2,3)4)36(42)33(22-28)38(5,6)7)26-44-40(45-27-39)23-34(29-15-11-9-12-16-29)46-35(24-40)30-17-13-10-14-18-30/h9-18,21-22,34-35,42H,8,19-20,23-27H2,1-7H3. The Balaban J connectivity index is 1.23. The van der Waals surface area contributed by atoms with Gasteiger partial charge in [-0.1, -0.05) is 121 Å². The number of ether oxygens (including phenoxy) is 3. The Labute approximate surface area is 280 Å². The Bertz CT molecular complexity index is 1380. The summed E-state index contributed by atoms with van der Waals surface area (Å²) in [4.78, 5) is 13.2. The van der Waals surface area contributed by atoms with Gasteiger partial charge in [-0.3, -0.25) is 4.79 Å². The zero-order valence-corrected chi connectivity index (χ0v) is 29.5. The van der Waals surface area contributed by atoms with Gasteiger partial charge in [-0.25, -0.2) is 0 Å². The molecule has 0 aromatic heterocycles. The minimum absolute atomic E-state index is 0.0268. The zero-order chi connectivity index (χ0) is 33.2. The van der Waals surface area contributed by atoms with E-state index in [1.165, 1.54) is 11.1 Å². The Morgan fingerprint density at radius 1 is 0.848 bits per heavy atom. The fourth-order valence-electron chi connectivity index (χ4n) is 6.48. The quantitative estimate of drug-likeness (QED) is 0.250. The van der Waals surface area contributed by atoms with Crippen molar-refractivity contribution >= 4 is 17.5 Å². The van der Waals surface area contributed by atoms with Gasteiger partial charge in [0.25, 0.3) is 0 Å². The molecule has 3 aromatic carbocycles. The van der Waals surface area contributed by atoms with E-state index < -0.39 is 11.4 Å². The number of phenols is 1. The van der Waals surface area contributed by atoms with Crippen molar-refractivity contribution in [2.45, 2.75) is 113 Å². The zero-order valence-electron chi connectivity index (χ0n) is 28.7. The first-order valence-electron chi connectivity index (χ1n) is 16.8. The lowest BCUT2D eigenvalue weighted by Gasteiger charge is -2.50. The van der Waals surface area contributed by atoms with Gasteiger partial charge in [-0.05, 0) is 51.5 Å². The summed E-state index contributed by atoms with van der Waals surface area (Å²) in [6, 6.07) is 25.4. The predicted octanol–water partition coefficient (Wildman–Crippen LogP) is 9.41. The summed E-state index contributed by atoms with van der Waals surface area (Å²) in [6.45, 7) is 15.5. The summed E-state index contributed by atoms with van der Waals surface area (Å²) in [5.41, 5.74) is 4.38. The molecule has 2 fully saturated rings. The Morgan fingerprint density at radius 2 is 1.33 bits per heavy atom.